The third-order valence-corrected chi connectivity index (χ3v) is 11.3. The number of thiophene rings is 1. The monoisotopic (exact) mass is 649 g/mol. The van der Waals surface area contributed by atoms with Gasteiger partial charge < -0.3 is 5.73 Å². The van der Waals surface area contributed by atoms with E-state index in [2.05, 4.69) is 178 Å². The molecule has 2 heteroatoms. The lowest BCUT2D eigenvalue weighted by molar-refractivity contribution is 0.599. The molecular formula is C47H39NS. The minimum atomic E-state index is -0.139. The molecule has 0 saturated heterocycles. The lowest BCUT2D eigenvalue weighted by Gasteiger charge is -2.25. The van der Waals surface area contributed by atoms with Gasteiger partial charge in [0.15, 0.2) is 0 Å². The van der Waals surface area contributed by atoms with E-state index in [-0.39, 0.29) is 12.0 Å². The Balaban J connectivity index is 1.15. The summed E-state index contributed by atoms with van der Waals surface area (Å²) in [6, 6.07) is 57.2. The van der Waals surface area contributed by atoms with Crippen molar-refractivity contribution < 1.29 is 0 Å². The summed E-state index contributed by atoms with van der Waals surface area (Å²) in [5, 5.41) is 2.62. The molecule has 7 aromatic carbocycles. The molecule has 238 valence electrons. The predicted molar refractivity (Wildman–Crippen MR) is 212 cm³/mol. The van der Waals surface area contributed by atoms with E-state index in [1.807, 2.05) is 11.3 Å². The van der Waals surface area contributed by atoms with Crippen molar-refractivity contribution in [2.75, 3.05) is 0 Å². The minimum Gasteiger partial charge on any atom is -0.323 e. The largest absolute Gasteiger partial charge is 0.323 e. The van der Waals surface area contributed by atoms with E-state index in [0.29, 0.717) is 0 Å². The van der Waals surface area contributed by atoms with E-state index in [9.17, 15) is 0 Å². The predicted octanol–water partition coefficient (Wildman–Crippen LogP) is 13.1. The first-order valence-electron chi connectivity index (χ1n) is 17.1. The third-order valence-electron chi connectivity index (χ3n) is 10.1. The second-order valence-corrected chi connectivity index (χ2v) is 14.3. The number of nitrogens with two attached hydrogens (primary N) is 1. The van der Waals surface area contributed by atoms with Gasteiger partial charge in [-0.3, -0.25) is 0 Å². The number of aryl methyl sites for hydroxylation is 2. The summed E-state index contributed by atoms with van der Waals surface area (Å²) < 4.78 is 2.60. The molecule has 0 spiro atoms. The van der Waals surface area contributed by atoms with Crippen molar-refractivity contribution in [2.24, 2.45) is 5.73 Å². The summed E-state index contributed by atoms with van der Waals surface area (Å²) in [4.78, 5) is 0. The molecule has 0 bridgehead atoms. The van der Waals surface area contributed by atoms with Crippen LogP contribution in [0.5, 0.6) is 0 Å². The molecule has 1 nitrogen and oxygen atoms in total. The topological polar surface area (TPSA) is 26.0 Å². The summed E-state index contributed by atoms with van der Waals surface area (Å²) >= 11 is 1.87. The highest BCUT2D eigenvalue weighted by Crippen LogP contribution is 2.43. The Kier molecular flexibility index (Phi) is 8.21. The van der Waals surface area contributed by atoms with Gasteiger partial charge in [-0.1, -0.05) is 140 Å². The molecule has 1 heterocycles. The van der Waals surface area contributed by atoms with Crippen molar-refractivity contribution >= 4 is 31.5 Å². The van der Waals surface area contributed by atoms with E-state index in [4.69, 9.17) is 5.73 Å². The molecular weight excluding hydrogens is 611 g/mol. The average molecular weight is 650 g/mol. The van der Waals surface area contributed by atoms with Crippen LogP contribution in [-0.4, -0.2) is 0 Å². The Bertz CT molecular complexity index is 2450. The first-order chi connectivity index (χ1) is 24.0. The van der Waals surface area contributed by atoms with Crippen molar-refractivity contribution in [1.82, 2.24) is 0 Å². The smallest absolute Gasteiger partial charge is 0.0368 e. The second-order valence-electron chi connectivity index (χ2n) is 13.2. The molecule has 8 rings (SSSR count). The van der Waals surface area contributed by atoms with Crippen LogP contribution in [-0.2, 0) is 0 Å². The number of benzene rings is 7. The fraction of sp³-hybridized carbons (Fsp3) is 0.106. The van der Waals surface area contributed by atoms with Gasteiger partial charge in [-0.25, -0.2) is 0 Å². The van der Waals surface area contributed by atoms with Crippen LogP contribution in [0.4, 0.5) is 0 Å². The average Bonchev–Trinajstić information content (AvgIpc) is 3.53. The first-order valence-corrected chi connectivity index (χ1v) is 17.9. The van der Waals surface area contributed by atoms with Gasteiger partial charge in [0.05, 0.1) is 0 Å². The van der Waals surface area contributed by atoms with Gasteiger partial charge in [0.25, 0.3) is 0 Å². The molecule has 2 N–H and O–H groups in total. The molecule has 8 aromatic rings. The Morgan fingerprint density at radius 1 is 0.490 bits per heavy atom. The van der Waals surface area contributed by atoms with Gasteiger partial charge in [-0.2, -0.15) is 0 Å². The zero-order valence-electron chi connectivity index (χ0n) is 28.2. The quantitative estimate of drug-likeness (QED) is 0.183. The first kappa shape index (κ1) is 31.0. The maximum absolute atomic E-state index is 7.15. The third kappa shape index (κ3) is 5.78. The summed E-state index contributed by atoms with van der Waals surface area (Å²) in [6.45, 7) is 6.65. The van der Waals surface area contributed by atoms with Crippen molar-refractivity contribution in [1.29, 1.82) is 0 Å². The summed E-state index contributed by atoms with van der Waals surface area (Å²) in [5.41, 5.74) is 22.1. The van der Waals surface area contributed by atoms with Crippen molar-refractivity contribution in [2.45, 2.75) is 32.7 Å². The molecule has 0 radical (unpaired) electrons. The van der Waals surface area contributed by atoms with Crippen LogP contribution in [0.1, 0.15) is 41.1 Å². The summed E-state index contributed by atoms with van der Waals surface area (Å²) in [7, 11) is 0. The van der Waals surface area contributed by atoms with Crippen LogP contribution < -0.4 is 5.73 Å². The highest BCUT2D eigenvalue weighted by atomic mass is 32.1. The van der Waals surface area contributed by atoms with Gasteiger partial charge in [0, 0.05) is 32.1 Å². The lowest BCUT2D eigenvalue weighted by Crippen LogP contribution is -2.19. The Hall–Kier alpha value is -5.28. The van der Waals surface area contributed by atoms with Crippen LogP contribution in [0.15, 0.2) is 158 Å². The summed E-state index contributed by atoms with van der Waals surface area (Å²) in [6.07, 6.45) is 0. The van der Waals surface area contributed by atoms with Crippen LogP contribution in [0.25, 0.3) is 64.7 Å². The highest BCUT2D eigenvalue weighted by molar-refractivity contribution is 7.26. The maximum atomic E-state index is 7.15. The second kappa shape index (κ2) is 13.0. The van der Waals surface area contributed by atoms with E-state index in [0.717, 1.165) is 0 Å². The number of hydrogen-bond donors (Lipinski definition) is 1. The van der Waals surface area contributed by atoms with E-state index >= 15 is 0 Å². The highest BCUT2D eigenvalue weighted by Gasteiger charge is 2.23. The van der Waals surface area contributed by atoms with Crippen LogP contribution in [0.2, 0.25) is 0 Å². The van der Waals surface area contributed by atoms with E-state index < -0.39 is 0 Å². The maximum Gasteiger partial charge on any atom is 0.0368 e. The molecule has 0 aliphatic carbocycles. The molecule has 0 saturated carbocycles. The number of hydrogen-bond acceptors (Lipinski definition) is 2. The van der Waals surface area contributed by atoms with Gasteiger partial charge in [0.1, 0.15) is 0 Å². The zero-order chi connectivity index (χ0) is 33.5. The summed E-state index contributed by atoms with van der Waals surface area (Å²) in [5.74, 6) is 0.141. The normalized spacial score (nSPS) is 12.7. The van der Waals surface area contributed by atoms with Crippen LogP contribution in [0, 0.1) is 13.8 Å². The Labute approximate surface area is 293 Å². The van der Waals surface area contributed by atoms with Gasteiger partial charge in [0.2, 0.25) is 0 Å². The zero-order valence-corrected chi connectivity index (χ0v) is 29.0. The van der Waals surface area contributed by atoms with Crippen molar-refractivity contribution in [3.63, 3.8) is 0 Å². The molecule has 0 amide bonds. The number of rotatable bonds is 7. The Morgan fingerprint density at radius 2 is 1.08 bits per heavy atom. The molecule has 2 atom stereocenters. The van der Waals surface area contributed by atoms with Gasteiger partial charge in [-0.15, -0.1) is 11.3 Å². The van der Waals surface area contributed by atoms with Gasteiger partial charge >= 0.3 is 0 Å². The van der Waals surface area contributed by atoms with Crippen molar-refractivity contribution in [3.8, 4) is 44.5 Å². The fourth-order valence-corrected chi connectivity index (χ4v) is 8.59. The molecule has 1 aromatic heterocycles. The fourth-order valence-electron chi connectivity index (χ4n) is 7.41. The Morgan fingerprint density at radius 3 is 1.86 bits per heavy atom. The van der Waals surface area contributed by atoms with E-state index in [1.54, 1.807) is 0 Å². The van der Waals surface area contributed by atoms with Crippen molar-refractivity contribution in [3.05, 3.63) is 180 Å². The standard InChI is InChI=1S/C47H39NS/c1-30-13-7-8-21-39(30)45-31(2)14-9-23-42(45)47(48)32(3)34-25-26-41-44(29-34)49-43-24-12-22-40(46(41)43)38-20-11-19-37(28-38)36-18-10-17-35(27-36)33-15-5-4-6-16-33/h4-29,32,47H,48H2,1-3H3. The molecule has 49 heavy (non-hydrogen) atoms. The molecule has 2 unspecified atom stereocenters. The van der Waals surface area contributed by atoms with E-state index in [1.165, 1.54) is 86.9 Å². The SMILES string of the molecule is Cc1ccccc1-c1c(C)cccc1C(N)C(C)c1ccc2c(c1)sc1cccc(-c3cccc(-c4cccc(-c5ccccc5)c4)c3)c12. The van der Waals surface area contributed by atoms with Crippen LogP contribution in [0.3, 0.4) is 0 Å². The molecule has 0 aliphatic rings. The lowest BCUT2D eigenvalue weighted by atomic mass is 9.83. The van der Waals surface area contributed by atoms with Crippen LogP contribution >= 0.6 is 11.3 Å². The molecule has 0 fully saturated rings. The minimum absolute atomic E-state index is 0.139. The van der Waals surface area contributed by atoms with Gasteiger partial charge in [-0.05, 0) is 105 Å². The number of fused-ring (bicyclic) bond motifs is 3. The molecule has 0 aliphatic heterocycles.